The fraction of sp³-hybridized carbons (Fsp3) is 0.667. The summed E-state index contributed by atoms with van der Waals surface area (Å²) in [4.78, 5) is 21.6. The molecule has 0 N–H and O–H groups in total. The average Bonchev–Trinajstić information content (AvgIpc) is 1.90. The number of hydrogen-bond donors (Lipinski definition) is 0. The third kappa shape index (κ3) is 2.26. The van der Waals surface area contributed by atoms with Crippen molar-refractivity contribution in [3.63, 3.8) is 0 Å². The lowest BCUT2D eigenvalue weighted by Gasteiger charge is -2.08. The lowest BCUT2D eigenvalue weighted by molar-refractivity contribution is -0.126. The van der Waals surface area contributed by atoms with Gasteiger partial charge < -0.3 is 0 Å². The molecule has 3 nitrogen and oxygen atoms in total. The van der Waals surface area contributed by atoms with E-state index < -0.39 is 0 Å². The van der Waals surface area contributed by atoms with Crippen LogP contribution in [-0.2, 0) is 9.59 Å². The molecule has 0 aromatic rings. The Hall–Kier alpha value is -0.860. The number of carbonyl (C=O) groups excluding carboxylic acids is 2. The van der Waals surface area contributed by atoms with Crippen molar-refractivity contribution in [2.75, 3.05) is 6.54 Å². The minimum atomic E-state index is -0.174. The van der Waals surface area contributed by atoms with Gasteiger partial charge in [0.1, 0.15) is 0 Å². The highest BCUT2D eigenvalue weighted by Crippen LogP contribution is 1.87. The number of hydrogen-bond acceptors (Lipinski definition) is 2. The van der Waals surface area contributed by atoms with Crippen LogP contribution in [0.1, 0.15) is 20.3 Å². The summed E-state index contributed by atoms with van der Waals surface area (Å²) in [6.45, 7) is 3.86. The van der Waals surface area contributed by atoms with Crippen molar-refractivity contribution in [2.45, 2.75) is 20.3 Å². The van der Waals surface area contributed by atoms with E-state index in [1.807, 2.05) is 0 Å². The highest BCUT2D eigenvalue weighted by Gasteiger charge is 2.06. The van der Waals surface area contributed by atoms with Crippen molar-refractivity contribution in [3.05, 3.63) is 0 Å². The fourth-order valence-electron chi connectivity index (χ4n) is 0.483. The zero-order valence-electron chi connectivity index (χ0n) is 5.68. The maximum atomic E-state index is 10.6. The van der Waals surface area contributed by atoms with E-state index in [0.29, 0.717) is 13.0 Å². The summed E-state index contributed by atoms with van der Waals surface area (Å²) in [6, 6.07) is 0. The number of amides is 2. The molecule has 0 rings (SSSR count). The Labute approximate surface area is 54.6 Å². The Kier molecular flexibility index (Phi) is 3.67. The molecule has 0 aliphatic carbocycles. The average molecular weight is 128 g/mol. The minimum absolute atomic E-state index is 0.174. The lowest BCUT2D eigenvalue weighted by atomic mass is 10.4. The molecule has 0 heterocycles. The van der Waals surface area contributed by atoms with Gasteiger partial charge in [-0.25, -0.2) is 0 Å². The van der Waals surface area contributed by atoms with Crippen LogP contribution >= 0.6 is 0 Å². The molecule has 0 aliphatic rings. The zero-order valence-corrected chi connectivity index (χ0v) is 5.68. The summed E-state index contributed by atoms with van der Waals surface area (Å²) in [5.41, 5.74) is 0. The molecule has 1 radical (unpaired) electrons. The highest BCUT2D eigenvalue weighted by molar-refractivity contribution is 5.85. The normalized spacial score (nSPS) is 8.67. The number of nitrogens with zero attached hydrogens (tertiary/aromatic N) is 1. The molecule has 9 heavy (non-hydrogen) atoms. The molecule has 0 saturated carbocycles. The molecule has 2 amide bonds. The summed E-state index contributed by atoms with van der Waals surface area (Å²) in [6.07, 6.45) is 1.90. The van der Waals surface area contributed by atoms with Gasteiger partial charge in [0.05, 0.1) is 0 Å². The molecule has 3 heteroatoms. The van der Waals surface area contributed by atoms with Crippen LogP contribution in [0.2, 0.25) is 0 Å². The maximum Gasteiger partial charge on any atom is 0.319 e. The van der Waals surface area contributed by atoms with Gasteiger partial charge in [0.2, 0.25) is 5.91 Å². The predicted molar refractivity (Wildman–Crippen MR) is 33.4 cm³/mol. The topological polar surface area (TPSA) is 37.4 Å². The Morgan fingerprint density at radius 1 is 1.56 bits per heavy atom. The van der Waals surface area contributed by atoms with Crippen molar-refractivity contribution < 1.29 is 9.59 Å². The van der Waals surface area contributed by atoms with Crippen molar-refractivity contribution in [3.8, 4) is 0 Å². The van der Waals surface area contributed by atoms with Crippen LogP contribution in [0.25, 0.3) is 0 Å². The molecular weight excluding hydrogens is 118 g/mol. The second-order valence-corrected chi connectivity index (χ2v) is 1.58. The molecule has 0 saturated heterocycles. The van der Waals surface area contributed by atoms with E-state index in [-0.39, 0.29) is 5.91 Å². The van der Waals surface area contributed by atoms with Crippen LogP contribution in [-0.4, -0.2) is 23.8 Å². The summed E-state index contributed by atoms with van der Waals surface area (Å²) in [5.74, 6) is -0.174. The first-order valence-corrected chi connectivity index (χ1v) is 2.94. The van der Waals surface area contributed by atoms with Crippen molar-refractivity contribution in [1.82, 2.24) is 4.90 Å². The first-order chi connectivity index (χ1) is 4.26. The van der Waals surface area contributed by atoms with Gasteiger partial charge in [-0.3, -0.25) is 14.5 Å². The fourth-order valence-corrected chi connectivity index (χ4v) is 0.483. The highest BCUT2D eigenvalue weighted by atomic mass is 16.2. The van der Waals surface area contributed by atoms with Crippen molar-refractivity contribution in [1.29, 1.82) is 0 Å². The first kappa shape index (κ1) is 8.14. The van der Waals surface area contributed by atoms with Gasteiger partial charge in [0, 0.05) is 13.0 Å². The van der Waals surface area contributed by atoms with Gasteiger partial charge in [0.25, 0.3) is 0 Å². The predicted octanol–water partition coefficient (Wildman–Crippen LogP) is 0.312. The van der Waals surface area contributed by atoms with E-state index in [2.05, 4.69) is 0 Å². The summed E-state index contributed by atoms with van der Waals surface area (Å²) < 4.78 is 0. The maximum absolute atomic E-state index is 10.6. The van der Waals surface area contributed by atoms with E-state index in [9.17, 15) is 9.59 Å². The first-order valence-electron chi connectivity index (χ1n) is 2.94. The van der Waals surface area contributed by atoms with E-state index in [0.717, 1.165) is 4.90 Å². The third-order valence-corrected chi connectivity index (χ3v) is 1.03. The van der Waals surface area contributed by atoms with Crippen LogP contribution in [0.4, 0.5) is 0 Å². The monoisotopic (exact) mass is 128 g/mol. The van der Waals surface area contributed by atoms with Crippen molar-refractivity contribution >= 4 is 12.3 Å². The SMILES string of the molecule is CCC(=O)N([C]=O)CC. The van der Waals surface area contributed by atoms with Crippen molar-refractivity contribution in [2.24, 2.45) is 0 Å². The van der Waals surface area contributed by atoms with Crippen LogP contribution < -0.4 is 0 Å². The standard InChI is InChI=1S/C6H10NO2/c1-3-6(9)7(4-2)5-8/h3-4H2,1-2H3. The van der Waals surface area contributed by atoms with Gasteiger partial charge in [-0.05, 0) is 6.92 Å². The van der Waals surface area contributed by atoms with Gasteiger partial charge in [-0.2, -0.15) is 0 Å². The quantitative estimate of drug-likeness (QED) is 0.513. The molecule has 0 fully saturated rings. The molecular formula is C6H10NO2. The molecule has 0 unspecified atom stereocenters. The number of rotatable bonds is 3. The minimum Gasteiger partial charge on any atom is -0.275 e. The van der Waals surface area contributed by atoms with E-state index >= 15 is 0 Å². The Balaban J connectivity index is 3.78. The van der Waals surface area contributed by atoms with E-state index in [1.54, 1.807) is 13.8 Å². The van der Waals surface area contributed by atoms with E-state index in [1.165, 1.54) is 6.41 Å². The molecule has 0 atom stereocenters. The summed E-state index contributed by atoms with van der Waals surface area (Å²) in [5, 5.41) is 0. The molecule has 0 aromatic carbocycles. The van der Waals surface area contributed by atoms with Gasteiger partial charge in [-0.1, -0.05) is 6.92 Å². The van der Waals surface area contributed by atoms with E-state index in [4.69, 9.17) is 0 Å². The lowest BCUT2D eigenvalue weighted by Crippen LogP contribution is -2.28. The summed E-state index contributed by atoms with van der Waals surface area (Å²) >= 11 is 0. The molecule has 0 aromatic heterocycles. The van der Waals surface area contributed by atoms with Crippen LogP contribution in [0.15, 0.2) is 0 Å². The second kappa shape index (κ2) is 4.06. The molecule has 0 bridgehead atoms. The largest absolute Gasteiger partial charge is 0.319 e. The number of imide groups is 1. The second-order valence-electron chi connectivity index (χ2n) is 1.58. The van der Waals surface area contributed by atoms with Gasteiger partial charge >= 0.3 is 6.41 Å². The van der Waals surface area contributed by atoms with Crippen LogP contribution in [0.3, 0.4) is 0 Å². The van der Waals surface area contributed by atoms with Crippen LogP contribution in [0.5, 0.6) is 0 Å². The molecule has 51 valence electrons. The van der Waals surface area contributed by atoms with Gasteiger partial charge in [0.15, 0.2) is 0 Å². The van der Waals surface area contributed by atoms with Crippen LogP contribution in [0, 0.1) is 0 Å². The zero-order chi connectivity index (χ0) is 7.28. The molecule has 0 aliphatic heterocycles. The molecule has 0 spiro atoms. The Morgan fingerprint density at radius 2 is 2.11 bits per heavy atom. The summed E-state index contributed by atoms with van der Waals surface area (Å²) in [7, 11) is 0. The van der Waals surface area contributed by atoms with Gasteiger partial charge in [-0.15, -0.1) is 0 Å². The smallest absolute Gasteiger partial charge is 0.275 e. The Bertz CT molecular complexity index is 112. The Morgan fingerprint density at radius 3 is 2.22 bits per heavy atom. The number of carbonyl (C=O) groups is 1. The third-order valence-electron chi connectivity index (χ3n) is 1.03.